The van der Waals surface area contributed by atoms with Crippen molar-refractivity contribution in [2.75, 3.05) is 0 Å². The quantitative estimate of drug-likeness (QED) is 0.572. The van der Waals surface area contributed by atoms with Gasteiger partial charge in [0.25, 0.3) is 0 Å². The van der Waals surface area contributed by atoms with Gasteiger partial charge in [0.1, 0.15) is 0 Å². The lowest BCUT2D eigenvalue weighted by molar-refractivity contribution is -0.568. The predicted octanol–water partition coefficient (Wildman–Crippen LogP) is 4.04. The molecule has 1 aromatic heterocycles. The van der Waals surface area contributed by atoms with Gasteiger partial charge in [0.2, 0.25) is 11.2 Å². The molecule has 0 saturated heterocycles. The molecule has 0 amide bonds. The van der Waals surface area contributed by atoms with Gasteiger partial charge in [-0.15, -0.1) is 0 Å². The Balaban J connectivity index is 2.37. The van der Waals surface area contributed by atoms with Crippen molar-refractivity contribution >= 4 is 10.9 Å². The van der Waals surface area contributed by atoms with Gasteiger partial charge in [-0.3, -0.25) is 0 Å². The zero-order valence-electron chi connectivity index (χ0n) is 11.6. The highest BCUT2D eigenvalue weighted by molar-refractivity contribution is 5.75. The fourth-order valence-corrected chi connectivity index (χ4v) is 2.91. The van der Waals surface area contributed by atoms with Crippen LogP contribution < -0.4 is 4.57 Å². The topological polar surface area (TPSA) is 3.88 Å². The zero-order chi connectivity index (χ0) is 13.4. The summed E-state index contributed by atoms with van der Waals surface area (Å²) in [6.45, 7) is 6.52. The van der Waals surface area contributed by atoms with Crippen molar-refractivity contribution in [1.29, 1.82) is 0 Å². The first-order valence-electron chi connectivity index (χ1n) is 6.64. The molecule has 0 aliphatic heterocycles. The summed E-state index contributed by atoms with van der Waals surface area (Å²) < 4.78 is 2.29. The van der Waals surface area contributed by atoms with Crippen LogP contribution in [0.5, 0.6) is 0 Å². The minimum absolute atomic E-state index is 1.25. The first kappa shape index (κ1) is 11.9. The van der Waals surface area contributed by atoms with E-state index in [0.717, 1.165) is 0 Å². The fourth-order valence-electron chi connectivity index (χ4n) is 2.91. The number of para-hydroxylation sites is 1. The average Bonchev–Trinajstić information content (AvgIpc) is 2.38. The maximum atomic E-state index is 2.29. The van der Waals surface area contributed by atoms with Crippen molar-refractivity contribution in [2.24, 2.45) is 0 Å². The molecule has 0 radical (unpaired) electrons. The lowest BCUT2D eigenvalue weighted by Crippen LogP contribution is -2.33. The largest absolute Gasteiger partial charge is 0.218 e. The van der Waals surface area contributed by atoms with E-state index in [2.05, 4.69) is 80.1 Å². The molecule has 0 saturated carbocycles. The number of hydrogen-bond acceptors (Lipinski definition) is 0. The third kappa shape index (κ3) is 2.01. The third-order valence-electron chi connectivity index (χ3n) is 3.58. The first-order chi connectivity index (χ1) is 9.16. The van der Waals surface area contributed by atoms with Crippen molar-refractivity contribution in [3.63, 3.8) is 0 Å². The van der Waals surface area contributed by atoms with E-state index in [-0.39, 0.29) is 0 Å². The van der Waals surface area contributed by atoms with Crippen LogP contribution in [0.15, 0.2) is 54.7 Å². The van der Waals surface area contributed by atoms with Crippen LogP contribution in [-0.4, -0.2) is 0 Å². The van der Waals surface area contributed by atoms with Crippen molar-refractivity contribution in [3.8, 4) is 5.69 Å². The standard InChI is InChI=1S/C18H18N/c1-13-11-14(2)18(15(3)12-13)19-10-6-8-16-7-4-5-9-17(16)19/h4-12H,1-3H3/q+1. The molecule has 2 aromatic carbocycles. The second-order valence-corrected chi connectivity index (χ2v) is 5.18. The molecule has 0 aliphatic rings. The lowest BCUT2D eigenvalue weighted by Gasteiger charge is -2.07. The maximum Gasteiger partial charge on any atom is 0.218 e. The smallest absolute Gasteiger partial charge is 0.160 e. The summed E-state index contributed by atoms with van der Waals surface area (Å²) >= 11 is 0. The second kappa shape index (κ2) is 4.51. The van der Waals surface area contributed by atoms with E-state index in [4.69, 9.17) is 0 Å². The summed E-state index contributed by atoms with van der Waals surface area (Å²) in [4.78, 5) is 0. The number of nitrogens with zero attached hydrogens (tertiary/aromatic N) is 1. The van der Waals surface area contributed by atoms with E-state index >= 15 is 0 Å². The summed E-state index contributed by atoms with van der Waals surface area (Å²) in [7, 11) is 0. The SMILES string of the molecule is Cc1cc(C)c(-[n+]2cccc3ccccc32)c(C)c1. The molecular formula is C18H18N+. The van der Waals surface area contributed by atoms with E-state index in [1.807, 2.05) is 0 Å². The van der Waals surface area contributed by atoms with Gasteiger partial charge in [0.05, 0.1) is 0 Å². The van der Waals surface area contributed by atoms with Crippen molar-refractivity contribution in [2.45, 2.75) is 20.8 Å². The Morgan fingerprint density at radius 3 is 2.16 bits per heavy atom. The highest BCUT2D eigenvalue weighted by Crippen LogP contribution is 2.18. The van der Waals surface area contributed by atoms with Gasteiger partial charge in [-0.1, -0.05) is 17.7 Å². The first-order valence-corrected chi connectivity index (χ1v) is 6.64. The summed E-state index contributed by atoms with van der Waals surface area (Å²) in [5, 5.41) is 1.27. The predicted molar refractivity (Wildman–Crippen MR) is 79.7 cm³/mol. The molecule has 0 aliphatic carbocycles. The van der Waals surface area contributed by atoms with Crippen LogP contribution >= 0.6 is 0 Å². The van der Waals surface area contributed by atoms with Crippen molar-refractivity contribution in [3.05, 3.63) is 71.4 Å². The molecule has 0 unspecified atom stereocenters. The Morgan fingerprint density at radius 1 is 0.789 bits per heavy atom. The molecule has 3 rings (SSSR count). The maximum absolute atomic E-state index is 2.29. The molecule has 0 bridgehead atoms. The van der Waals surface area contributed by atoms with Crippen molar-refractivity contribution < 1.29 is 4.57 Å². The number of benzene rings is 2. The van der Waals surface area contributed by atoms with Gasteiger partial charge in [0.15, 0.2) is 6.20 Å². The number of aryl methyl sites for hydroxylation is 3. The molecule has 1 heteroatoms. The average molecular weight is 248 g/mol. The van der Waals surface area contributed by atoms with Crippen LogP contribution in [0, 0.1) is 20.8 Å². The summed E-state index contributed by atoms with van der Waals surface area (Å²) in [6.07, 6.45) is 2.15. The van der Waals surface area contributed by atoms with Crippen LogP contribution in [0.2, 0.25) is 0 Å². The Morgan fingerprint density at radius 2 is 1.42 bits per heavy atom. The Labute approximate surface area is 114 Å². The number of rotatable bonds is 1. The summed E-state index contributed by atoms with van der Waals surface area (Å²) in [5.41, 5.74) is 6.50. The Hall–Kier alpha value is -2.15. The molecule has 1 heterocycles. The van der Waals surface area contributed by atoms with E-state index in [9.17, 15) is 0 Å². The van der Waals surface area contributed by atoms with Gasteiger partial charge in [0, 0.05) is 28.6 Å². The Bertz CT molecular complexity index is 728. The molecule has 0 spiro atoms. The van der Waals surface area contributed by atoms with E-state index < -0.39 is 0 Å². The van der Waals surface area contributed by atoms with E-state index in [0.29, 0.717) is 0 Å². The minimum Gasteiger partial charge on any atom is -0.160 e. The highest BCUT2D eigenvalue weighted by Gasteiger charge is 2.16. The van der Waals surface area contributed by atoms with Gasteiger partial charge in [-0.2, -0.15) is 4.57 Å². The molecule has 1 nitrogen and oxygen atoms in total. The normalized spacial score (nSPS) is 10.9. The monoisotopic (exact) mass is 248 g/mol. The van der Waals surface area contributed by atoms with Crippen LogP contribution in [0.1, 0.15) is 16.7 Å². The molecule has 19 heavy (non-hydrogen) atoms. The Kier molecular flexibility index (Phi) is 2.83. The van der Waals surface area contributed by atoms with Crippen LogP contribution in [0.25, 0.3) is 16.6 Å². The van der Waals surface area contributed by atoms with Crippen LogP contribution in [0.4, 0.5) is 0 Å². The number of hydrogen-bond donors (Lipinski definition) is 0. The third-order valence-corrected chi connectivity index (χ3v) is 3.58. The molecular weight excluding hydrogens is 230 g/mol. The molecule has 94 valence electrons. The highest BCUT2D eigenvalue weighted by atomic mass is 15.0. The second-order valence-electron chi connectivity index (χ2n) is 5.18. The molecule has 0 atom stereocenters. The minimum atomic E-state index is 1.25. The fraction of sp³-hybridized carbons (Fsp3) is 0.167. The van der Waals surface area contributed by atoms with Gasteiger partial charge >= 0.3 is 0 Å². The van der Waals surface area contributed by atoms with Crippen LogP contribution in [0.3, 0.4) is 0 Å². The molecule has 0 N–H and O–H groups in total. The molecule has 3 aromatic rings. The van der Waals surface area contributed by atoms with E-state index in [1.165, 1.54) is 33.3 Å². The lowest BCUT2D eigenvalue weighted by atomic mass is 10.0. The number of aromatic nitrogens is 1. The van der Waals surface area contributed by atoms with Crippen LogP contribution in [-0.2, 0) is 0 Å². The molecule has 0 fully saturated rings. The number of pyridine rings is 1. The van der Waals surface area contributed by atoms with Gasteiger partial charge in [-0.05, 0) is 45.0 Å². The van der Waals surface area contributed by atoms with E-state index in [1.54, 1.807) is 0 Å². The van der Waals surface area contributed by atoms with Gasteiger partial charge in [-0.25, -0.2) is 0 Å². The summed E-state index contributed by atoms with van der Waals surface area (Å²) in [6, 6.07) is 17.3. The summed E-state index contributed by atoms with van der Waals surface area (Å²) in [5.74, 6) is 0. The number of fused-ring (bicyclic) bond motifs is 1. The zero-order valence-corrected chi connectivity index (χ0v) is 11.6. The van der Waals surface area contributed by atoms with Gasteiger partial charge < -0.3 is 0 Å². The van der Waals surface area contributed by atoms with Crippen molar-refractivity contribution in [1.82, 2.24) is 0 Å².